The maximum atomic E-state index is 11.9. The highest BCUT2D eigenvalue weighted by Crippen LogP contribution is 2.45. The lowest BCUT2D eigenvalue weighted by Crippen LogP contribution is -2.33. The highest BCUT2D eigenvalue weighted by atomic mass is 16.6. The Morgan fingerprint density at radius 1 is 1.25 bits per heavy atom. The summed E-state index contributed by atoms with van der Waals surface area (Å²) in [6, 6.07) is 1.73. The van der Waals surface area contributed by atoms with Crippen LogP contribution in [-0.2, 0) is 4.74 Å². The average molecular weight is 334 g/mol. The van der Waals surface area contributed by atoms with Gasteiger partial charge in [-0.15, -0.1) is 5.10 Å². The van der Waals surface area contributed by atoms with E-state index >= 15 is 0 Å². The number of ether oxygens (including phenoxy) is 2. The second-order valence-corrected chi connectivity index (χ2v) is 8.26. The molecule has 0 atom stereocenters. The molecule has 2 fully saturated rings. The van der Waals surface area contributed by atoms with E-state index in [4.69, 9.17) is 9.47 Å². The molecule has 24 heavy (non-hydrogen) atoms. The summed E-state index contributed by atoms with van der Waals surface area (Å²) in [5, 5.41) is 4.17. The lowest BCUT2D eigenvalue weighted by atomic mass is 9.63. The lowest BCUT2D eigenvalue weighted by Gasteiger charge is -2.42. The number of hydrogen-bond acceptors (Lipinski definition) is 4. The predicted molar refractivity (Wildman–Crippen MR) is 92.1 cm³/mol. The van der Waals surface area contributed by atoms with Crippen LogP contribution in [0.15, 0.2) is 12.3 Å². The fourth-order valence-corrected chi connectivity index (χ4v) is 3.69. The maximum Gasteiger partial charge on any atom is 0.435 e. The molecular weight excluding hydrogens is 304 g/mol. The molecule has 0 bridgehead atoms. The molecule has 0 aromatic carbocycles. The van der Waals surface area contributed by atoms with Crippen molar-refractivity contribution >= 4 is 6.09 Å². The van der Waals surface area contributed by atoms with Crippen LogP contribution >= 0.6 is 0 Å². The van der Waals surface area contributed by atoms with E-state index in [1.807, 2.05) is 20.8 Å². The van der Waals surface area contributed by atoms with Gasteiger partial charge in [-0.3, -0.25) is 0 Å². The smallest absolute Gasteiger partial charge is 0.435 e. The van der Waals surface area contributed by atoms with Crippen molar-refractivity contribution in [2.45, 2.75) is 71.3 Å². The molecule has 1 aromatic rings. The van der Waals surface area contributed by atoms with Gasteiger partial charge < -0.3 is 9.47 Å². The van der Waals surface area contributed by atoms with Gasteiger partial charge in [0.25, 0.3) is 0 Å². The van der Waals surface area contributed by atoms with Crippen molar-refractivity contribution in [1.82, 2.24) is 9.78 Å². The first-order valence-electron chi connectivity index (χ1n) is 9.34. The van der Waals surface area contributed by atoms with Crippen LogP contribution < -0.4 is 4.74 Å². The standard InChI is InChI=1S/C19H30N2O3/c1-19(2,3)24-18(22)21-12-10-17(20-21)23-13-11-16(14-6-4-7-14)15-8-5-9-15/h10,12,14-16H,4-9,11,13H2,1-3H3. The number of aromatic nitrogens is 2. The van der Waals surface area contributed by atoms with E-state index < -0.39 is 11.7 Å². The van der Waals surface area contributed by atoms with E-state index in [1.165, 1.54) is 43.2 Å². The monoisotopic (exact) mass is 334 g/mol. The van der Waals surface area contributed by atoms with Gasteiger partial charge in [0.15, 0.2) is 0 Å². The van der Waals surface area contributed by atoms with Gasteiger partial charge in [-0.05, 0) is 44.9 Å². The normalized spacial score (nSPS) is 19.0. The minimum Gasteiger partial charge on any atom is -0.477 e. The van der Waals surface area contributed by atoms with Gasteiger partial charge in [0.2, 0.25) is 5.88 Å². The first-order chi connectivity index (χ1) is 11.4. The summed E-state index contributed by atoms with van der Waals surface area (Å²) in [5.41, 5.74) is -0.525. The molecular formula is C19H30N2O3. The molecule has 0 radical (unpaired) electrons. The summed E-state index contributed by atoms with van der Waals surface area (Å²) in [4.78, 5) is 11.9. The molecule has 134 valence electrons. The molecule has 2 saturated carbocycles. The molecule has 1 heterocycles. The third-order valence-corrected chi connectivity index (χ3v) is 5.36. The number of carbonyl (C=O) groups excluding carboxylic acids is 1. The third kappa shape index (κ3) is 4.31. The maximum absolute atomic E-state index is 11.9. The second-order valence-electron chi connectivity index (χ2n) is 8.26. The fraction of sp³-hybridized carbons (Fsp3) is 0.789. The van der Waals surface area contributed by atoms with Crippen molar-refractivity contribution in [2.24, 2.45) is 17.8 Å². The highest BCUT2D eigenvalue weighted by Gasteiger charge is 2.35. The third-order valence-electron chi connectivity index (χ3n) is 5.36. The Labute approximate surface area is 144 Å². The molecule has 0 amide bonds. The predicted octanol–water partition coefficient (Wildman–Crippen LogP) is 4.65. The summed E-state index contributed by atoms with van der Waals surface area (Å²) >= 11 is 0. The molecule has 2 aliphatic rings. The molecule has 1 aromatic heterocycles. The Morgan fingerprint density at radius 2 is 1.88 bits per heavy atom. The van der Waals surface area contributed by atoms with Crippen LogP contribution in [0.25, 0.3) is 0 Å². The van der Waals surface area contributed by atoms with Crippen molar-refractivity contribution in [1.29, 1.82) is 0 Å². The van der Waals surface area contributed by atoms with Gasteiger partial charge in [0.1, 0.15) is 5.60 Å². The van der Waals surface area contributed by atoms with Gasteiger partial charge in [-0.2, -0.15) is 4.68 Å². The molecule has 0 unspecified atom stereocenters. The Balaban J connectivity index is 1.47. The molecule has 2 aliphatic carbocycles. The van der Waals surface area contributed by atoms with Crippen molar-refractivity contribution < 1.29 is 14.3 Å². The summed E-state index contributed by atoms with van der Waals surface area (Å²) in [6.45, 7) is 6.20. The SMILES string of the molecule is CC(C)(C)OC(=O)n1ccc(OCCC(C2CCC2)C2CCC2)n1. The van der Waals surface area contributed by atoms with E-state index in [0.717, 1.165) is 24.2 Å². The van der Waals surface area contributed by atoms with Gasteiger partial charge in [0.05, 0.1) is 6.61 Å². The van der Waals surface area contributed by atoms with Crippen LogP contribution in [0.3, 0.4) is 0 Å². The van der Waals surface area contributed by atoms with Crippen LogP contribution in [0.2, 0.25) is 0 Å². The fourth-order valence-electron chi connectivity index (χ4n) is 3.69. The molecule has 0 N–H and O–H groups in total. The summed E-state index contributed by atoms with van der Waals surface area (Å²) in [5.74, 6) is 3.15. The topological polar surface area (TPSA) is 53.4 Å². The summed E-state index contributed by atoms with van der Waals surface area (Å²) < 4.78 is 12.3. The number of nitrogens with zero attached hydrogens (tertiary/aromatic N) is 2. The minimum absolute atomic E-state index is 0.473. The van der Waals surface area contributed by atoms with Gasteiger partial charge in [0, 0.05) is 12.3 Å². The minimum atomic E-state index is -0.525. The zero-order valence-corrected chi connectivity index (χ0v) is 15.2. The molecule has 5 heteroatoms. The highest BCUT2D eigenvalue weighted by molar-refractivity contribution is 5.69. The molecule has 0 saturated heterocycles. The first kappa shape index (κ1) is 17.3. The van der Waals surface area contributed by atoms with E-state index in [1.54, 1.807) is 12.3 Å². The summed E-state index contributed by atoms with van der Waals surface area (Å²) in [6.07, 6.45) is 10.6. The van der Waals surface area contributed by atoms with Crippen molar-refractivity contribution in [3.8, 4) is 5.88 Å². The Morgan fingerprint density at radius 3 is 2.38 bits per heavy atom. The zero-order chi connectivity index (χ0) is 17.2. The number of carbonyl (C=O) groups is 1. The lowest BCUT2D eigenvalue weighted by molar-refractivity contribution is 0.0509. The molecule has 0 aliphatic heterocycles. The van der Waals surface area contributed by atoms with Crippen LogP contribution in [-0.4, -0.2) is 28.1 Å². The van der Waals surface area contributed by atoms with Crippen LogP contribution in [0.4, 0.5) is 4.79 Å². The van der Waals surface area contributed by atoms with Gasteiger partial charge in [-0.25, -0.2) is 4.79 Å². The number of rotatable bonds is 6. The van der Waals surface area contributed by atoms with Crippen LogP contribution in [0.1, 0.15) is 65.7 Å². The van der Waals surface area contributed by atoms with Crippen LogP contribution in [0.5, 0.6) is 5.88 Å². The quantitative estimate of drug-likeness (QED) is 0.760. The molecule has 3 rings (SSSR count). The Bertz CT molecular complexity index is 539. The largest absolute Gasteiger partial charge is 0.477 e. The van der Waals surface area contributed by atoms with Gasteiger partial charge in [-0.1, -0.05) is 38.5 Å². The van der Waals surface area contributed by atoms with Crippen LogP contribution in [0, 0.1) is 17.8 Å². The molecule has 5 nitrogen and oxygen atoms in total. The molecule has 0 spiro atoms. The first-order valence-corrected chi connectivity index (χ1v) is 9.34. The second kappa shape index (κ2) is 7.16. The van der Waals surface area contributed by atoms with E-state index in [9.17, 15) is 4.79 Å². The van der Waals surface area contributed by atoms with E-state index in [2.05, 4.69) is 5.10 Å². The zero-order valence-electron chi connectivity index (χ0n) is 15.2. The Hall–Kier alpha value is -1.52. The van der Waals surface area contributed by atoms with E-state index in [0.29, 0.717) is 12.5 Å². The van der Waals surface area contributed by atoms with Crippen molar-refractivity contribution in [3.05, 3.63) is 12.3 Å². The van der Waals surface area contributed by atoms with Gasteiger partial charge >= 0.3 is 6.09 Å². The van der Waals surface area contributed by atoms with Crippen molar-refractivity contribution in [2.75, 3.05) is 6.61 Å². The number of hydrogen-bond donors (Lipinski definition) is 0. The average Bonchev–Trinajstić information content (AvgIpc) is 2.81. The Kier molecular flexibility index (Phi) is 5.16. The summed E-state index contributed by atoms with van der Waals surface area (Å²) in [7, 11) is 0. The van der Waals surface area contributed by atoms with E-state index in [-0.39, 0.29) is 0 Å². The van der Waals surface area contributed by atoms with Crippen molar-refractivity contribution in [3.63, 3.8) is 0 Å².